The second-order valence-electron chi connectivity index (χ2n) is 5.83. The second kappa shape index (κ2) is 7.89. The van der Waals surface area contributed by atoms with Crippen molar-refractivity contribution in [1.29, 1.82) is 0 Å². The van der Waals surface area contributed by atoms with E-state index in [-0.39, 0.29) is 11.8 Å². The molecule has 0 aliphatic heterocycles. The number of carbonyl (C=O) groups excluding carboxylic acids is 2. The van der Waals surface area contributed by atoms with Crippen LogP contribution in [0.4, 0.5) is 5.69 Å². The summed E-state index contributed by atoms with van der Waals surface area (Å²) in [5.74, 6) is -0.623. The fourth-order valence-electron chi connectivity index (χ4n) is 2.45. The zero-order chi connectivity index (χ0) is 18.5. The van der Waals surface area contributed by atoms with Crippen molar-refractivity contribution >= 4 is 29.1 Å². The van der Waals surface area contributed by atoms with E-state index in [1.165, 1.54) is 0 Å². The van der Waals surface area contributed by atoms with Crippen LogP contribution >= 0.6 is 11.6 Å². The number of anilines is 1. The lowest BCUT2D eigenvalue weighted by molar-refractivity contribution is -0.117. The van der Waals surface area contributed by atoms with Crippen LogP contribution in [0.15, 0.2) is 73.1 Å². The van der Waals surface area contributed by atoms with Crippen molar-refractivity contribution in [1.82, 2.24) is 9.88 Å². The van der Waals surface area contributed by atoms with E-state index in [2.05, 4.69) is 10.6 Å². The van der Waals surface area contributed by atoms with E-state index in [9.17, 15) is 9.59 Å². The molecule has 0 aliphatic rings. The van der Waals surface area contributed by atoms with E-state index < -0.39 is 6.04 Å². The van der Waals surface area contributed by atoms with Crippen LogP contribution in [-0.2, 0) is 4.79 Å². The molecule has 0 bridgehead atoms. The molecule has 1 atom stereocenters. The first-order valence-corrected chi connectivity index (χ1v) is 8.51. The van der Waals surface area contributed by atoms with Crippen LogP contribution in [-0.4, -0.2) is 22.4 Å². The summed E-state index contributed by atoms with van der Waals surface area (Å²) >= 11 is 5.81. The van der Waals surface area contributed by atoms with Gasteiger partial charge >= 0.3 is 0 Å². The molecule has 0 spiro atoms. The van der Waals surface area contributed by atoms with Gasteiger partial charge in [-0.15, -0.1) is 0 Å². The Morgan fingerprint density at radius 3 is 2.38 bits per heavy atom. The minimum atomic E-state index is -0.687. The number of hydrogen-bond acceptors (Lipinski definition) is 2. The molecule has 2 amide bonds. The Hall–Kier alpha value is -3.05. The highest BCUT2D eigenvalue weighted by Crippen LogP contribution is 2.15. The van der Waals surface area contributed by atoms with E-state index in [1.807, 2.05) is 47.3 Å². The van der Waals surface area contributed by atoms with Gasteiger partial charge in [-0.05, 0) is 61.5 Å². The van der Waals surface area contributed by atoms with Crippen molar-refractivity contribution in [3.05, 3.63) is 83.6 Å². The number of nitrogens with zero attached hydrogens (tertiary/aromatic N) is 1. The molecule has 2 N–H and O–H groups in total. The van der Waals surface area contributed by atoms with E-state index in [0.717, 1.165) is 5.69 Å². The Kier molecular flexibility index (Phi) is 5.39. The summed E-state index contributed by atoms with van der Waals surface area (Å²) in [6, 6.07) is 17.1. The lowest BCUT2D eigenvalue weighted by Crippen LogP contribution is -2.41. The molecular weight excluding hydrogens is 350 g/mol. The number of aromatic nitrogens is 1. The van der Waals surface area contributed by atoms with Crippen molar-refractivity contribution < 1.29 is 9.59 Å². The Balaban J connectivity index is 1.63. The summed E-state index contributed by atoms with van der Waals surface area (Å²) in [7, 11) is 0. The number of hydrogen-bond donors (Lipinski definition) is 2. The highest BCUT2D eigenvalue weighted by Gasteiger charge is 2.17. The van der Waals surface area contributed by atoms with Gasteiger partial charge in [0.05, 0.1) is 0 Å². The first-order valence-electron chi connectivity index (χ1n) is 8.13. The molecule has 0 fully saturated rings. The highest BCUT2D eigenvalue weighted by molar-refractivity contribution is 6.30. The quantitative estimate of drug-likeness (QED) is 0.718. The number of nitrogens with one attached hydrogen (secondary N) is 2. The molecule has 26 heavy (non-hydrogen) atoms. The van der Waals surface area contributed by atoms with Crippen LogP contribution in [0.1, 0.15) is 17.3 Å². The summed E-state index contributed by atoms with van der Waals surface area (Å²) in [4.78, 5) is 24.6. The largest absolute Gasteiger partial charge is 0.341 e. The first kappa shape index (κ1) is 17.8. The van der Waals surface area contributed by atoms with E-state index in [0.29, 0.717) is 16.3 Å². The number of halogens is 1. The molecule has 1 unspecified atom stereocenters. The molecule has 0 saturated heterocycles. The summed E-state index contributed by atoms with van der Waals surface area (Å²) in [5, 5.41) is 6.05. The third-order valence-corrected chi connectivity index (χ3v) is 4.12. The average molecular weight is 368 g/mol. The van der Waals surface area contributed by atoms with Gasteiger partial charge in [0.15, 0.2) is 0 Å². The highest BCUT2D eigenvalue weighted by atomic mass is 35.5. The SMILES string of the molecule is CC(NC(=O)c1ccc(Cl)cc1)C(=O)Nc1cccc(-n2cccc2)c1. The molecule has 0 radical (unpaired) electrons. The molecule has 5 nitrogen and oxygen atoms in total. The second-order valence-corrected chi connectivity index (χ2v) is 6.27. The van der Waals surface area contributed by atoms with Crippen LogP contribution in [0, 0.1) is 0 Å². The van der Waals surface area contributed by atoms with Gasteiger partial charge in [0.1, 0.15) is 6.04 Å². The van der Waals surface area contributed by atoms with Gasteiger partial charge < -0.3 is 15.2 Å². The van der Waals surface area contributed by atoms with Gasteiger partial charge in [0.25, 0.3) is 5.91 Å². The minimum Gasteiger partial charge on any atom is -0.341 e. The van der Waals surface area contributed by atoms with Crippen molar-refractivity contribution in [2.45, 2.75) is 13.0 Å². The van der Waals surface area contributed by atoms with Gasteiger partial charge in [0.2, 0.25) is 5.91 Å². The summed E-state index contributed by atoms with van der Waals surface area (Å²) in [6.07, 6.45) is 3.85. The maximum absolute atomic E-state index is 12.4. The molecule has 3 rings (SSSR count). The maximum atomic E-state index is 12.4. The van der Waals surface area contributed by atoms with Crippen LogP contribution < -0.4 is 10.6 Å². The van der Waals surface area contributed by atoms with Crippen molar-refractivity contribution in [2.24, 2.45) is 0 Å². The van der Waals surface area contributed by atoms with E-state index in [4.69, 9.17) is 11.6 Å². The molecule has 1 aromatic heterocycles. The average Bonchev–Trinajstić information content (AvgIpc) is 3.17. The third kappa shape index (κ3) is 4.32. The predicted molar refractivity (Wildman–Crippen MR) is 103 cm³/mol. The molecule has 1 heterocycles. The first-order chi connectivity index (χ1) is 12.5. The zero-order valence-electron chi connectivity index (χ0n) is 14.1. The van der Waals surface area contributed by atoms with Gasteiger partial charge in [0, 0.05) is 34.4 Å². The Bertz CT molecular complexity index is 905. The number of benzene rings is 2. The normalized spacial score (nSPS) is 11.6. The number of carbonyl (C=O) groups is 2. The van der Waals surface area contributed by atoms with Crippen LogP contribution in [0.25, 0.3) is 5.69 Å². The zero-order valence-corrected chi connectivity index (χ0v) is 14.9. The molecule has 2 aromatic carbocycles. The number of amides is 2. The molecule has 6 heteroatoms. The Morgan fingerprint density at radius 1 is 1.00 bits per heavy atom. The van der Waals surface area contributed by atoms with E-state index in [1.54, 1.807) is 37.3 Å². The Labute approximate surface area is 156 Å². The molecular formula is C20H18ClN3O2. The van der Waals surface area contributed by atoms with Gasteiger partial charge in [-0.1, -0.05) is 17.7 Å². The predicted octanol–water partition coefficient (Wildman–Crippen LogP) is 3.89. The lowest BCUT2D eigenvalue weighted by Gasteiger charge is -2.15. The van der Waals surface area contributed by atoms with Gasteiger partial charge in [-0.2, -0.15) is 0 Å². The van der Waals surface area contributed by atoms with E-state index >= 15 is 0 Å². The third-order valence-electron chi connectivity index (χ3n) is 3.86. The van der Waals surface area contributed by atoms with Crippen molar-refractivity contribution in [3.63, 3.8) is 0 Å². The minimum absolute atomic E-state index is 0.294. The molecule has 0 aliphatic carbocycles. The number of rotatable bonds is 5. The van der Waals surface area contributed by atoms with Gasteiger partial charge in [-0.25, -0.2) is 0 Å². The Morgan fingerprint density at radius 2 is 1.69 bits per heavy atom. The van der Waals surface area contributed by atoms with Crippen molar-refractivity contribution in [2.75, 3.05) is 5.32 Å². The van der Waals surface area contributed by atoms with Gasteiger partial charge in [-0.3, -0.25) is 9.59 Å². The fraction of sp³-hybridized carbons (Fsp3) is 0.100. The summed E-state index contributed by atoms with van der Waals surface area (Å²) in [5.41, 5.74) is 2.04. The van der Waals surface area contributed by atoms with Crippen LogP contribution in [0.2, 0.25) is 5.02 Å². The molecule has 0 saturated carbocycles. The van der Waals surface area contributed by atoms with Crippen LogP contribution in [0.5, 0.6) is 0 Å². The summed E-state index contributed by atoms with van der Waals surface area (Å²) in [6.45, 7) is 1.64. The topological polar surface area (TPSA) is 63.1 Å². The lowest BCUT2D eigenvalue weighted by atomic mass is 10.2. The monoisotopic (exact) mass is 367 g/mol. The van der Waals surface area contributed by atoms with Crippen molar-refractivity contribution in [3.8, 4) is 5.69 Å². The standard InChI is InChI=1S/C20H18ClN3O2/c1-14(22-20(26)15-7-9-16(21)10-8-15)19(25)23-17-5-4-6-18(13-17)24-11-2-3-12-24/h2-14H,1H3,(H,22,26)(H,23,25). The molecule has 3 aromatic rings. The maximum Gasteiger partial charge on any atom is 0.251 e. The summed E-state index contributed by atoms with van der Waals surface area (Å²) < 4.78 is 1.95. The van der Waals surface area contributed by atoms with Crippen LogP contribution in [0.3, 0.4) is 0 Å². The fourth-order valence-corrected chi connectivity index (χ4v) is 2.57. The molecule has 132 valence electrons. The smallest absolute Gasteiger partial charge is 0.251 e.